The summed E-state index contributed by atoms with van der Waals surface area (Å²) in [7, 11) is -4.21. The first-order valence-electron chi connectivity index (χ1n) is 10.00. The van der Waals surface area contributed by atoms with Gasteiger partial charge in [0.1, 0.15) is 6.54 Å². The molecule has 0 unspecified atom stereocenters. The fourth-order valence-corrected chi connectivity index (χ4v) is 4.44. The summed E-state index contributed by atoms with van der Waals surface area (Å²) in [4.78, 5) is 33.3. The molecule has 0 atom stereocenters. The van der Waals surface area contributed by atoms with Gasteiger partial charge in [-0.05, 0) is 31.2 Å². The average molecular weight is 497 g/mol. The van der Waals surface area contributed by atoms with E-state index in [0.717, 1.165) is 16.4 Å². The van der Waals surface area contributed by atoms with Crippen LogP contribution in [0.3, 0.4) is 0 Å². The molecule has 0 aliphatic rings. The maximum atomic E-state index is 13.3. The van der Waals surface area contributed by atoms with Crippen LogP contribution in [0.25, 0.3) is 0 Å². The maximum Gasteiger partial charge on any atom is 0.270 e. The molecule has 35 heavy (non-hydrogen) atoms. The third-order valence-electron chi connectivity index (χ3n) is 4.79. The molecule has 0 saturated heterocycles. The first kappa shape index (κ1) is 25.0. The zero-order chi connectivity index (χ0) is 25.6. The van der Waals surface area contributed by atoms with Crippen LogP contribution in [0.2, 0.25) is 0 Å². The third kappa shape index (κ3) is 6.03. The Kier molecular flexibility index (Phi) is 7.51. The van der Waals surface area contributed by atoms with Crippen molar-refractivity contribution in [1.82, 2.24) is 5.43 Å². The topological polar surface area (TPSA) is 165 Å². The van der Waals surface area contributed by atoms with Gasteiger partial charge in [-0.15, -0.1) is 0 Å². The van der Waals surface area contributed by atoms with Crippen molar-refractivity contribution in [3.05, 3.63) is 105 Å². The molecule has 0 heterocycles. The van der Waals surface area contributed by atoms with Crippen molar-refractivity contribution in [2.24, 2.45) is 5.10 Å². The van der Waals surface area contributed by atoms with Gasteiger partial charge in [-0.3, -0.25) is 29.3 Å². The second-order valence-corrected chi connectivity index (χ2v) is 9.00. The van der Waals surface area contributed by atoms with Crippen molar-refractivity contribution in [1.29, 1.82) is 0 Å². The molecular weight excluding hydrogens is 478 g/mol. The molecule has 3 aromatic rings. The molecule has 0 aromatic heterocycles. The van der Waals surface area contributed by atoms with Crippen molar-refractivity contribution in [2.75, 3.05) is 10.8 Å². The van der Waals surface area contributed by atoms with Gasteiger partial charge in [0.2, 0.25) is 0 Å². The second-order valence-electron chi connectivity index (χ2n) is 7.14. The monoisotopic (exact) mass is 497 g/mol. The van der Waals surface area contributed by atoms with Crippen LogP contribution in [-0.2, 0) is 14.8 Å². The number of amides is 1. The Morgan fingerprint density at radius 1 is 0.914 bits per heavy atom. The molecule has 180 valence electrons. The lowest BCUT2D eigenvalue weighted by molar-refractivity contribution is -0.385. The van der Waals surface area contributed by atoms with Crippen molar-refractivity contribution in [3.8, 4) is 0 Å². The number of sulfonamides is 1. The summed E-state index contributed by atoms with van der Waals surface area (Å²) >= 11 is 0. The maximum absolute atomic E-state index is 13.3. The smallest absolute Gasteiger partial charge is 0.270 e. The fourth-order valence-electron chi connectivity index (χ4n) is 3.00. The fraction of sp³-hybridized carbons (Fsp3) is 0.0909. The van der Waals surface area contributed by atoms with E-state index in [0.29, 0.717) is 5.56 Å². The quantitative estimate of drug-likeness (QED) is 0.269. The Labute approximate surface area is 199 Å². The summed E-state index contributed by atoms with van der Waals surface area (Å²) in [5, 5.41) is 25.8. The summed E-state index contributed by atoms with van der Waals surface area (Å²) in [6.45, 7) is 0.842. The van der Waals surface area contributed by atoms with Gasteiger partial charge in [0, 0.05) is 29.8 Å². The minimum absolute atomic E-state index is 0.0361. The molecule has 13 heteroatoms. The Morgan fingerprint density at radius 2 is 1.54 bits per heavy atom. The first-order chi connectivity index (χ1) is 16.6. The van der Waals surface area contributed by atoms with Crippen molar-refractivity contribution in [3.63, 3.8) is 0 Å². The van der Waals surface area contributed by atoms with E-state index in [1.807, 2.05) is 0 Å². The summed E-state index contributed by atoms with van der Waals surface area (Å²) in [6.07, 6.45) is 0. The minimum atomic E-state index is -4.21. The number of nitro groups is 2. The number of nitrogens with zero attached hydrogens (tertiary/aromatic N) is 4. The summed E-state index contributed by atoms with van der Waals surface area (Å²) in [6, 6.07) is 17.7. The highest BCUT2D eigenvalue weighted by molar-refractivity contribution is 7.92. The van der Waals surface area contributed by atoms with Gasteiger partial charge in [-0.1, -0.05) is 30.3 Å². The third-order valence-corrected chi connectivity index (χ3v) is 6.58. The average Bonchev–Trinajstić information content (AvgIpc) is 2.86. The number of nitrogens with one attached hydrogen (secondary N) is 1. The lowest BCUT2D eigenvalue weighted by Crippen LogP contribution is -2.39. The Balaban J connectivity index is 1.88. The van der Waals surface area contributed by atoms with Gasteiger partial charge < -0.3 is 0 Å². The van der Waals surface area contributed by atoms with E-state index in [1.54, 1.807) is 12.1 Å². The number of nitro benzene ring substituents is 2. The number of benzene rings is 3. The molecule has 12 nitrogen and oxygen atoms in total. The van der Waals surface area contributed by atoms with Crippen LogP contribution in [0.15, 0.2) is 88.9 Å². The van der Waals surface area contributed by atoms with Crippen LogP contribution in [0.1, 0.15) is 12.5 Å². The van der Waals surface area contributed by atoms with Crippen LogP contribution < -0.4 is 9.73 Å². The van der Waals surface area contributed by atoms with Gasteiger partial charge in [0.25, 0.3) is 27.3 Å². The van der Waals surface area contributed by atoms with E-state index in [9.17, 15) is 33.4 Å². The molecule has 0 bridgehead atoms. The predicted octanol–water partition coefficient (Wildman–Crippen LogP) is 3.24. The molecule has 1 amide bonds. The second kappa shape index (κ2) is 10.5. The predicted molar refractivity (Wildman–Crippen MR) is 128 cm³/mol. The molecular formula is C22H19N5O7S. The van der Waals surface area contributed by atoms with Crippen molar-refractivity contribution >= 4 is 38.7 Å². The highest BCUT2D eigenvalue weighted by Crippen LogP contribution is 2.25. The molecule has 1 N–H and O–H groups in total. The largest absolute Gasteiger partial charge is 0.271 e. The number of carbonyl (C=O) groups excluding carboxylic acids is 1. The zero-order valence-electron chi connectivity index (χ0n) is 18.3. The number of rotatable bonds is 9. The van der Waals surface area contributed by atoms with Crippen LogP contribution in [0, 0.1) is 20.2 Å². The minimum Gasteiger partial charge on any atom is -0.271 e. The molecule has 0 radical (unpaired) electrons. The standard InChI is InChI=1S/C22H19N5O7S/c1-16(17-6-5-7-20(14-17)27(31)32)23-24-22(28)15-25(18-10-12-19(13-11-18)26(29)30)35(33,34)21-8-3-2-4-9-21/h2-14H,15H2,1H3,(H,24,28)/b23-16-. The van der Waals surface area contributed by atoms with E-state index < -0.39 is 32.3 Å². The lowest BCUT2D eigenvalue weighted by Gasteiger charge is -2.23. The molecule has 0 aliphatic heterocycles. The van der Waals surface area contributed by atoms with Crippen molar-refractivity contribution in [2.45, 2.75) is 11.8 Å². The van der Waals surface area contributed by atoms with E-state index in [1.165, 1.54) is 61.5 Å². The van der Waals surface area contributed by atoms with Gasteiger partial charge in [-0.25, -0.2) is 13.8 Å². The normalized spacial score (nSPS) is 11.5. The van der Waals surface area contributed by atoms with Gasteiger partial charge >= 0.3 is 0 Å². The summed E-state index contributed by atoms with van der Waals surface area (Å²) in [5.74, 6) is -0.798. The highest BCUT2D eigenvalue weighted by Gasteiger charge is 2.27. The summed E-state index contributed by atoms with van der Waals surface area (Å²) in [5.41, 5.74) is 2.54. The molecule has 0 aliphatic carbocycles. The summed E-state index contributed by atoms with van der Waals surface area (Å²) < 4.78 is 27.3. The van der Waals surface area contributed by atoms with Gasteiger partial charge in [0.15, 0.2) is 0 Å². The van der Waals surface area contributed by atoms with Crippen LogP contribution in [0.5, 0.6) is 0 Å². The number of anilines is 1. The Bertz CT molecular complexity index is 1390. The molecule has 3 rings (SSSR count). The van der Waals surface area contributed by atoms with Crippen LogP contribution >= 0.6 is 0 Å². The molecule has 3 aromatic carbocycles. The zero-order valence-corrected chi connectivity index (χ0v) is 19.1. The van der Waals surface area contributed by atoms with Crippen LogP contribution in [-0.4, -0.2) is 36.4 Å². The molecule has 0 fully saturated rings. The lowest BCUT2D eigenvalue weighted by atomic mass is 10.1. The molecule has 0 spiro atoms. The van der Waals surface area contributed by atoms with E-state index >= 15 is 0 Å². The van der Waals surface area contributed by atoms with Crippen molar-refractivity contribution < 1.29 is 23.1 Å². The number of hydrogen-bond acceptors (Lipinski definition) is 8. The SMILES string of the molecule is C/C(=N/NC(=O)CN(c1ccc([N+](=O)[O-])cc1)S(=O)(=O)c1ccccc1)c1cccc([N+](=O)[O-])c1. The number of carbonyl (C=O) groups is 1. The van der Waals surface area contributed by atoms with Crippen LogP contribution in [0.4, 0.5) is 17.1 Å². The van der Waals surface area contributed by atoms with E-state index in [4.69, 9.17) is 0 Å². The van der Waals surface area contributed by atoms with Gasteiger partial charge in [-0.2, -0.15) is 5.10 Å². The number of non-ortho nitro benzene ring substituents is 2. The molecule has 0 saturated carbocycles. The van der Waals surface area contributed by atoms with Gasteiger partial charge in [0.05, 0.1) is 26.1 Å². The first-order valence-corrected chi connectivity index (χ1v) is 11.4. The number of hydrogen-bond donors (Lipinski definition) is 1. The van der Waals surface area contributed by atoms with E-state index in [-0.39, 0.29) is 27.7 Å². The highest BCUT2D eigenvalue weighted by atomic mass is 32.2. The van der Waals surface area contributed by atoms with E-state index in [2.05, 4.69) is 10.5 Å². The Hall–Kier alpha value is -4.65. The Morgan fingerprint density at radius 3 is 2.14 bits per heavy atom. The number of hydrazone groups is 1.